The maximum Gasteiger partial charge on any atom is 0.434 e. The van der Waals surface area contributed by atoms with E-state index in [1.54, 1.807) is 0 Å². The highest BCUT2D eigenvalue weighted by molar-refractivity contribution is 5.72. The predicted molar refractivity (Wildman–Crippen MR) is 99.6 cm³/mol. The Labute approximate surface area is 149 Å². The Morgan fingerprint density at radius 2 is 1.56 bits per heavy atom. The minimum absolute atomic E-state index is 0.228. The normalized spacial score (nSPS) is 11.0. The highest BCUT2D eigenvalue weighted by atomic mass is 16.7. The first kappa shape index (κ1) is 18.7. The molecule has 0 heterocycles. The molecule has 0 unspecified atom stereocenters. The molecule has 2 rings (SSSR count). The zero-order valence-electron chi connectivity index (χ0n) is 15.1. The smallest absolute Gasteiger partial charge is 0.434 e. The second-order valence-electron chi connectivity index (χ2n) is 6.75. The van der Waals surface area contributed by atoms with Gasteiger partial charge in [-0.25, -0.2) is 4.79 Å². The molecule has 0 aliphatic carbocycles. The molecule has 0 aliphatic heterocycles. The van der Waals surface area contributed by atoms with Crippen molar-refractivity contribution >= 4 is 11.7 Å². The van der Waals surface area contributed by atoms with Crippen molar-refractivity contribution in [3.8, 4) is 0 Å². The number of ether oxygens (including phenoxy) is 1. The Kier molecular flexibility index (Phi) is 6.37. The van der Waals surface area contributed by atoms with E-state index in [0.29, 0.717) is 0 Å². The third-order valence-electron chi connectivity index (χ3n) is 3.34. The van der Waals surface area contributed by atoms with E-state index in [2.05, 4.69) is 6.58 Å². The lowest BCUT2D eigenvalue weighted by molar-refractivity contribution is -0.148. The van der Waals surface area contributed by atoms with Crippen LogP contribution in [0.2, 0.25) is 0 Å². The number of amides is 1. The molecule has 25 heavy (non-hydrogen) atoms. The second kappa shape index (κ2) is 8.49. The van der Waals surface area contributed by atoms with E-state index in [4.69, 9.17) is 9.57 Å². The van der Waals surface area contributed by atoms with Gasteiger partial charge in [-0.3, -0.25) is 4.84 Å². The molecular formula is C21H25NO3. The fourth-order valence-corrected chi connectivity index (χ4v) is 2.14. The van der Waals surface area contributed by atoms with E-state index in [9.17, 15) is 4.79 Å². The van der Waals surface area contributed by atoms with Gasteiger partial charge in [0, 0.05) is 0 Å². The molecule has 0 saturated carbocycles. The summed E-state index contributed by atoms with van der Waals surface area (Å²) in [4.78, 5) is 18.2. The number of hydrogen-bond acceptors (Lipinski definition) is 3. The van der Waals surface area contributed by atoms with Crippen LogP contribution >= 0.6 is 0 Å². The van der Waals surface area contributed by atoms with Gasteiger partial charge in [0.1, 0.15) is 12.2 Å². The van der Waals surface area contributed by atoms with Crippen molar-refractivity contribution in [2.24, 2.45) is 0 Å². The van der Waals surface area contributed by atoms with Crippen molar-refractivity contribution in [3.63, 3.8) is 0 Å². The summed E-state index contributed by atoms with van der Waals surface area (Å²) in [6.45, 7) is 10.1. The van der Waals surface area contributed by atoms with E-state index in [1.807, 2.05) is 81.4 Å². The molecule has 0 aliphatic rings. The Hall–Kier alpha value is -2.59. The summed E-state index contributed by atoms with van der Waals surface area (Å²) in [7, 11) is 0. The van der Waals surface area contributed by atoms with Crippen molar-refractivity contribution < 1.29 is 14.4 Å². The van der Waals surface area contributed by atoms with Crippen LogP contribution in [-0.4, -0.2) is 23.3 Å². The van der Waals surface area contributed by atoms with Crippen molar-refractivity contribution in [3.05, 3.63) is 78.4 Å². The summed E-state index contributed by atoms with van der Waals surface area (Å²) in [6, 6.07) is 19.4. The van der Waals surface area contributed by atoms with Crippen LogP contribution in [0.15, 0.2) is 67.2 Å². The molecule has 4 heteroatoms. The number of carbonyl (C=O) groups is 1. The van der Waals surface area contributed by atoms with Crippen LogP contribution in [0.3, 0.4) is 0 Å². The van der Waals surface area contributed by atoms with E-state index >= 15 is 0 Å². The van der Waals surface area contributed by atoms with Gasteiger partial charge in [0.05, 0.1) is 6.54 Å². The first-order valence-corrected chi connectivity index (χ1v) is 8.26. The van der Waals surface area contributed by atoms with E-state index in [0.717, 1.165) is 16.7 Å². The number of hydroxylamine groups is 2. The van der Waals surface area contributed by atoms with Crippen LogP contribution in [0.5, 0.6) is 0 Å². The zero-order valence-corrected chi connectivity index (χ0v) is 15.1. The lowest BCUT2D eigenvalue weighted by atomic mass is 10.1. The quantitative estimate of drug-likeness (QED) is 0.690. The Bertz CT molecular complexity index is 690. The third kappa shape index (κ3) is 6.43. The van der Waals surface area contributed by atoms with E-state index < -0.39 is 11.7 Å². The van der Waals surface area contributed by atoms with Crippen LogP contribution in [0.4, 0.5) is 4.79 Å². The summed E-state index contributed by atoms with van der Waals surface area (Å²) in [5.41, 5.74) is 2.11. The molecule has 2 aromatic carbocycles. The van der Waals surface area contributed by atoms with Crippen LogP contribution in [-0.2, 0) is 16.2 Å². The number of benzene rings is 2. The Morgan fingerprint density at radius 1 is 1.00 bits per heavy atom. The van der Waals surface area contributed by atoms with Gasteiger partial charge in [0.25, 0.3) is 0 Å². The van der Waals surface area contributed by atoms with Gasteiger partial charge in [-0.2, -0.15) is 5.06 Å². The number of rotatable bonds is 6. The molecule has 2 aromatic rings. The minimum Gasteiger partial charge on any atom is -0.442 e. The maximum absolute atomic E-state index is 12.5. The molecule has 0 bridgehead atoms. The summed E-state index contributed by atoms with van der Waals surface area (Å²) < 4.78 is 5.45. The second-order valence-corrected chi connectivity index (χ2v) is 6.75. The molecule has 0 saturated heterocycles. The molecule has 132 valence electrons. The van der Waals surface area contributed by atoms with E-state index in [1.165, 1.54) is 5.06 Å². The molecule has 4 nitrogen and oxygen atoms in total. The van der Waals surface area contributed by atoms with Crippen LogP contribution < -0.4 is 0 Å². The van der Waals surface area contributed by atoms with Crippen LogP contribution in [0.25, 0.3) is 5.57 Å². The summed E-state index contributed by atoms with van der Waals surface area (Å²) in [6.07, 6.45) is -0.527. The van der Waals surface area contributed by atoms with Crippen molar-refractivity contribution in [2.45, 2.75) is 33.0 Å². The number of nitrogens with zero attached hydrogens (tertiary/aromatic N) is 1. The van der Waals surface area contributed by atoms with Crippen LogP contribution in [0, 0.1) is 0 Å². The van der Waals surface area contributed by atoms with Gasteiger partial charge in [-0.1, -0.05) is 67.2 Å². The predicted octanol–water partition coefficient (Wildman–Crippen LogP) is 5.07. The van der Waals surface area contributed by atoms with Gasteiger partial charge < -0.3 is 4.74 Å². The largest absolute Gasteiger partial charge is 0.442 e. The molecule has 0 fully saturated rings. The monoisotopic (exact) mass is 339 g/mol. The molecule has 0 radical (unpaired) electrons. The van der Waals surface area contributed by atoms with Crippen molar-refractivity contribution in [1.29, 1.82) is 0 Å². The van der Waals surface area contributed by atoms with Gasteiger partial charge in [0.15, 0.2) is 0 Å². The summed E-state index contributed by atoms with van der Waals surface area (Å²) in [5, 5.41) is 1.23. The minimum atomic E-state index is -0.598. The highest BCUT2D eigenvalue weighted by Crippen LogP contribution is 2.17. The fourth-order valence-electron chi connectivity index (χ4n) is 2.14. The standard InChI is InChI=1S/C21H25NO3/c1-17(19-13-9-6-10-14-19)15-22(20(23)25-21(2,3)4)24-16-18-11-7-5-8-12-18/h5-14H,1,15-16H2,2-4H3. The maximum atomic E-state index is 12.5. The van der Waals surface area contributed by atoms with Gasteiger partial charge >= 0.3 is 6.09 Å². The lowest BCUT2D eigenvalue weighted by Crippen LogP contribution is -2.37. The van der Waals surface area contributed by atoms with Crippen molar-refractivity contribution in [1.82, 2.24) is 5.06 Å². The molecule has 0 aromatic heterocycles. The van der Waals surface area contributed by atoms with Gasteiger partial charge in [-0.05, 0) is 37.5 Å². The zero-order chi connectivity index (χ0) is 18.3. The Morgan fingerprint density at radius 3 is 2.12 bits per heavy atom. The molecule has 0 spiro atoms. The lowest BCUT2D eigenvalue weighted by Gasteiger charge is -2.27. The molecule has 1 amide bonds. The van der Waals surface area contributed by atoms with Crippen LogP contribution in [0.1, 0.15) is 31.9 Å². The third-order valence-corrected chi connectivity index (χ3v) is 3.34. The molecule has 0 atom stereocenters. The first-order valence-electron chi connectivity index (χ1n) is 8.26. The number of hydrogen-bond donors (Lipinski definition) is 0. The van der Waals surface area contributed by atoms with E-state index in [-0.39, 0.29) is 13.2 Å². The topological polar surface area (TPSA) is 38.8 Å². The summed E-state index contributed by atoms with van der Waals surface area (Å²) in [5.74, 6) is 0. The average Bonchev–Trinajstić information content (AvgIpc) is 2.58. The average molecular weight is 339 g/mol. The molecule has 0 N–H and O–H groups in total. The van der Waals surface area contributed by atoms with Gasteiger partial charge in [0.2, 0.25) is 0 Å². The van der Waals surface area contributed by atoms with Crippen molar-refractivity contribution in [2.75, 3.05) is 6.54 Å². The SMILES string of the molecule is C=C(CN(OCc1ccccc1)C(=O)OC(C)(C)C)c1ccccc1. The first-order chi connectivity index (χ1) is 11.8. The molecular weight excluding hydrogens is 314 g/mol. The summed E-state index contributed by atoms with van der Waals surface area (Å²) >= 11 is 0. The fraction of sp³-hybridized carbons (Fsp3) is 0.286. The highest BCUT2D eigenvalue weighted by Gasteiger charge is 2.24. The Balaban J connectivity index is 2.08. The van der Waals surface area contributed by atoms with Gasteiger partial charge in [-0.15, -0.1) is 0 Å². The number of carbonyl (C=O) groups excluding carboxylic acids is 1.